The molecule has 1 fully saturated rings. The van der Waals surface area contributed by atoms with Gasteiger partial charge in [0.25, 0.3) is 5.91 Å². The van der Waals surface area contributed by atoms with Gasteiger partial charge in [-0.3, -0.25) is 9.69 Å². The fourth-order valence-electron chi connectivity index (χ4n) is 2.79. The van der Waals surface area contributed by atoms with E-state index < -0.39 is 0 Å². The minimum Gasteiger partial charge on any atom is -0.493 e. The van der Waals surface area contributed by atoms with Crippen LogP contribution in [0, 0.1) is 0 Å². The SMILES string of the molecule is CCN1C(=O)/C(=C\c2cc(Cl)cc(Cl)c2OCCOc2ccccc2OC)SC1=S. The summed E-state index contributed by atoms with van der Waals surface area (Å²) in [5.74, 6) is 1.54. The molecular formula is C21H19Cl2NO4S2. The minimum absolute atomic E-state index is 0.144. The molecule has 0 unspecified atom stereocenters. The van der Waals surface area contributed by atoms with Gasteiger partial charge in [-0.05, 0) is 37.3 Å². The Morgan fingerprint density at radius 2 is 1.83 bits per heavy atom. The Balaban J connectivity index is 1.75. The fourth-order valence-corrected chi connectivity index (χ4v) is 4.73. The second kappa shape index (κ2) is 10.4. The molecule has 2 aromatic carbocycles. The van der Waals surface area contributed by atoms with Crippen molar-refractivity contribution >= 4 is 63.5 Å². The first-order valence-corrected chi connectivity index (χ1v) is 11.1. The predicted octanol–water partition coefficient (Wildman–Crippen LogP) is 5.68. The van der Waals surface area contributed by atoms with E-state index >= 15 is 0 Å². The summed E-state index contributed by atoms with van der Waals surface area (Å²) in [6.07, 6.45) is 1.70. The Hall–Kier alpha value is -1.93. The van der Waals surface area contributed by atoms with E-state index in [0.717, 1.165) is 0 Å². The predicted molar refractivity (Wildman–Crippen MR) is 126 cm³/mol. The first-order valence-electron chi connectivity index (χ1n) is 9.07. The van der Waals surface area contributed by atoms with E-state index in [-0.39, 0.29) is 19.1 Å². The number of likely N-dealkylation sites (N-methyl/N-ethyl adjacent to an activating group) is 1. The Kier molecular flexibility index (Phi) is 7.88. The molecule has 0 saturated carbocycles. The van der Waals surface area contributed by atoms with E-state index in [0.29, 0.717) is 48.6 Å². The van der Waals surface area contributed by atoms with E-state index in [1.807, 2.05) is 31.2 Å². The third-order valence-electron chi connectivity index (χ3n) is 4.17. The van der Waals surface area contributed by atoms with Gasteiger partial charge in [-0.1, -0.05) is 59.3 Å². The van der Waals surface area contributed by atoms with Crippen molar-refractivity contribution < 1.29 is 19.0 Å². The molecule has 1 aliphatic rings. The van der Waals surface area contributed by atoms with Crippen LogP contribution in [0.3, 0.4) is 0 Å². The number of thioether (sulfide) groups is 1. The summed E-state index contributed by atoms with van der Waals surface area (Å²) in [4.78, 5) is 14.6. The number of ether oxygens (including phenoxy) is 3. The molecule has 0 N–H and O–H groups in total. The van der Waals surface area contributed by atoms with Crippen molar-refractivity contribution in [1.82, 2.24) is 4.90 Å². The smallest absolute Gasteiger partial charge is 0.266 e. The van der Waals surface area contributed by atoms with Crippen LogP contribution in [-0.4, -0.2) is 42.0 Å². The van der Waals surface area contributed by atoms with Crippen LogP contribution in [0.2, 0.25) is 10.0 Å². The summed E-state index contributed by atoms with van der Waals surface area (Å²) in [5, 5.41) is 0.784. The summed E-state index contributed by atoms with van der Waals surface area (Å²) >= 11 is 19.0. The second-order valence-electron chi connectivity index (χ2n) is 6.08. The highest BCUT2D eigenvalue weighted by molar-refractivity contribution is 8.26. The fraction of sp³-hybridized carbons (Fsp3) is 0.238. The van der Waals surface area contributed by atoms with Crippen LogP contribution in [0.15, 0.2) is 41.3 Å². The van der Waals surface area contributed by atoms with Crippen LogP contribution in [-0.2, 0) is 4.79 Å². The number of methoxy groups -OCH3 is 1. The maximum atomic E-state index is 12.5. The quantitative estimate of drug-likeness (QED) is 0.273. The highest BCUT2D eigenvalue weighted by Gasteiger charge is 2.31. The number of benzene rings is 2. The van der Waals surface area contributed by atoms with Crippen molar-refractivity contribution in [2.45, 2.75) is 6.92 Å². The number of carbonyl (C=O) groups is 1. The molecule has 0 aromatic heterocycles. The maximum Gasteiger partial charge on any atom is 0.266 e. The van der Waals surface area contributed by atoms with Crippen LogP contribution >= 0.6 is 47.2 Å². The summed E-state index contributed by atoms with van der Waals surface area (Å²) in [6, 6.07) is 10.6. The molecule has 5 nitrogen and oxygen atoms in total. The van der Waals surface area contributed by atoms with E-state index in [1.165, 1.54) is 11.8 Å². The van der Waals surface area contributed by atoms with Crippen molar-refractivity contribution in [1.29, 1.82) is 0 Å². The van der Waals surface area contributed by atoms with Gasteiger partial charge < -0.3 is 14.2 Å². The number of carbonyl (C=O) groups excluding carboxylic acids is 1. The molecule has 1 saturated heterocycles. The molecule has 0 aliphatic carbocycles. The largest absolute Gasteiger partial charge is 0.493 e. The van der Waals surface area contributed by atoms with Gasteiger partial charge in [-0.15, -0.1) is 0 Å². The first kappa shape index (κ1) is 22.7. The Morgan fingerprint density at radius 3 is 2.50 bits per heavy atom. The summed E-state index contributed by atoms with van der Waals surface area (Å²) in [6.45, 7) is 2.90. The van der Waals surface area contributed by atoms with E-state index in [9.17, 15) is 4.79 Å². The molecule has 2 aromatic rings. The molecule has 1 heterocycles. The average molecular weight is 484 g/mol. The Bertz CT molecular complexity index is 997. The molecule has 3 rings (SSSR count). The van der Waals surface area contributed by atoms with Gasteiger partial charge in [0.15, 0.2) is 11.5 Å². The maximum absolute atomic E-state index is 12.5. The molecule has 0 bridgehead atoms. The van der Waals surface area contributed by atoms with Gasteiger partial charge in [-0.2, -0.15) is 0 Å². The van der Waals surface area contributed by atoms with Crippen LogP contribution in [0.5, 0.6) is 17.2 Å². The van der Waals surface area contributed by atoms with E-state index in [2.05, 4.69) is 0 Å². The zero-order chi connectivity index (χ0) is 21.7. The van der Waals surface area contributed by atoms with Crippen molar-refractivity contribution in [3.05, 3.63) is 56.9 Å². The van der Waals surface area contributed by atoms with Crippen molar-refractivity contribution in [2.75, 3.05) is 26.9 Å². The minimum atomic E-state index is -0.144. The third kappa shape index (κ3) is 5.21. The summed E-state index contributed by atoms with van der Waals surface area (Å²) in [7, 11) is 1.58. The lowest BCUT2D eigenvalue weighted by Crippen LogP contribution is -2.27. The monoisotopic (exact) mass is 483 g/mol. The van der Waals surface area contributed by atoms with Crippen LogP contribution in [0.4, 0.5) is 0 Å². The number of amides is 1. The van der Waals surface area contributed by atoms with Gasteiger partial charge in [0.05, 0.1) is 17.0 Å². The highest BCUT2D eigenvalue weighted by atomic mass is 35.5. The summed E-state index contributed by atoms with van der Waals surface area (Å²) in [5.41, 5.74) is 0.599. The second-order valence-corrected chi connectivity index (χ2v) is 8.60. The Labute approximate surface area is 194 Å². The lowest BCUT2D eigenvalue weighted by atomic mass is 10.1. The van der Waals surface area contributed by atoms with Gasteiger partial charge in [0.1, 0.15) is 23.3 Å². The lowest BCUT2D eigenvalue weighted by Gasteiger charge is -2.14. The zero-order valence-corrected chi connectivity index (χ0v) is 19.5. The van der Waals surface area contributed by atoms with E-state index in [1.54, 1.807) is 30.2 Å². The number of thiocarbonyl (C=S) groups is 1. The van der Waals surface area contributed by atoms with Gasteiger partial charge >= 0.3 is 0 Å². The Morgan fingerprint density at radius 1 is 1.13 bits per heavy atom. The molecule has 0 radical (unpaired) electrons. The summed E-state index contributed by atoms with van der Waals surface area (Å²) < 4.78 is 17.4. The number of rotatable bonds is 8. The van der Waals surface area contributed by atoms with Crippen molar-refractivity contribution in [3.8, 4) is 17.2 Å². The van der Waals surface area contributed by atoms with Crippen molar-refractivity contribution in [2.24, 2.45) is 0 Å². The number of nitrogens with zero attached hydrogens (tertiary/aromatic N) is 1. The number of hydrogen-bond donors (Lipinski definition) is 0. The number of halogens is 2. The molecule has 1 aliphatic heterocycles. The molecule has 9 heteroatoms. The average Bonchev–Trinajstić information content (AvgIpc) is 2.99. The van der Waals surface area contributed by atoms with Gasteiger partial charge in [0.2, 0.25) is 0 Å². The molecule has 158 valence electrons. The van der Waals surface area contributed by atoms with E-state index in [4.69, 9.17) is 49.6 Å². The zero-order valence-electron chi connectivity index (χ0n) is 16.3. The lowest BCUT2D eigenvalue weighted by molar-refractivity contribution is -0.121. The topological polar surface area (TPSA) is 48.0 Å². The molecule has 30 heavy (non-hydrogen) atoms. The normalized spacial score (nSPS) is 15.1. The van der Waals surface area contributed by atoms with Crippen molar-refractivity contribution in [3.63, 3.8) is 0 Å². The standard InChI is InChI=1S/C21H19Cl2NO4S2/c1-3-24-20(25)18(30-21(24)29)11-13-10-14(22)12-15(23)19(13)28-9-8-27-17-7-5-4-6-16(17)26-2/h4-7,10-12H,3,8-9H2,1-2H3/b18-11+. The molecule has 0 spiro atoms. The van der Waals surface area contributed by atoms with Crippen LogP contribution < -0.4 is 14.2 Å². The number of hydrogen-bond acceptors (Lipinski definition) is 6. The van der Waals surface area contributed by atoms with Crippen LogP contribution in [0.25, 0.3) is 6.08 Å². The molecule has 1 amide bonds. The highest BCUT2D eigenvalue weighted by Crippen LogP contribution is 2.38. The molecule has 0 atom stereocenters. The molecular weight excluding hydrogens is 465 g/mol. The third-order valence-corrected chi connectivity index (χ3v) is 6.05. The van der Waals surface area contributed by atoms with Crippen LogP contribution in [0.1, 0.15) is 12.5 Å². The van der Waals surface area contributed by atoms with Gasteiger partial charge in [0, 0.05) is 17.1 Å². The van der Waals surface area contributed by atoms with Gasteiger partial charge in [-0.25, -0.2) is 0 Å². The first-order chi connectivity index (χ1) is 14.4. The number of para-hydroxylation sites is 2.